The first-order valence-corrected chi connectivity index (χ1v) is 5.34. The first kappa shape index (κ1) is 13.2. The van der Waals surface area contributed by atoms with Gasteiger partial charge in [0.1, 0.15) is 0 Å². The fraction of sp³-hybridized carbons (Fsp3) is 0.900. The monoisotopic (exact) mass is 200 g/mol. The normalized spacial score (nSPS) is 12.0. The number of nitrogens with two attached hydrogens (primary N) is 1. The van der Waals surface area contributed by atoms with E-state index in [1.165, 1.54) is 0 Å². The summed E-state index contributed by atoms with van der Waals surface area (Å²) in [5.41, 5.74) is 2.64. The summed E-state index contributed by atoms with van der Waals surface area (Å²) in [5.74, 6) is 6.81. The van der Waals surface area contributed by atoms with Crippen LogP contribution in [-0.2, 0) is 0 Å². The van der Waals surface area contributed by atoms with Gasteiger partial charge in [0.25, 0.3) is 0 Å². The molecular weight excluding hydrogens is 176 g/mol. The minimum atomic E-state index is 0.615. The molecule has 0 aliphatic rings. The van der Waals surface area contributed by atoms with Crippen molar-refractivity contribution in [3.8, 4) is 0 Å². The van der Waals surface area contributed by atoms with E-state index >= 15 is 0 Å². The van der Waals surface area contributed by atoms with Crippen LogP contribution in [0.25, 0.3) is 0 Å². The molecule has 0 rings (SSSR count). The minimum absolute atomic E-state index is 0.615. The molecule has 0 unspecified atom stereocenters. The third-order valence-electron chi connectivity index (χ3n) is 1.90. The van der Waals surface area contributed by atoms with Gasteiger partial charge in [0, 0.05) is 20.1 Å². The molecule has 4 heteroatoms. The Bertz CT molecular complexity index is 166. The van der Waals surface area contributed by atoms with E-state index < -0.39 is 0 Å². The lowest BCUT2D eigenvalue weighted by atomic mass is 10.2. The Kier molecular flexibility index (Phi) is 7.20. The number of nitrogens with one attached hydrogen (secondary N) is 1. The summed E-state index contributed by atoms with van der Waals surface area (Å²) < 4.78 is 0. The minimum Gasteiger partial charge on any atom is -0.345 e. The van der Waals surface area contributed by atoms with Crippen molar-refractivity contribution in [1.29, 1.82) is 0 Å². The van der Waals surface area contributed by atoms with Crippen molar-refractivity contribution < 1.29 is 0 Å². The summed E-state index contributed by atoms with van der Waals surface area (Å²) >= 11 is 0. The maximum Gasteiger partial charge on any atom is 0.208 e. The Morgan fingerprint density at radius 1 is 1.50 bits per heavy atom. The van der Waals surface area contributed by atoms with E-state index in [1.807, 2.05) is 7.05 Å². The molecule has 0 amide bonds. The predicted octanol–water partition coefficient (Wildman–Crippen LogP) is 1.19. The average Bonchev–Trinajstić information content (AvgIpc) is 2.11. The van der Waals surface area contributed by atoms with E-state index in [2.05, 4.69) is 36.1 Å². The van der Waals surface area contributed by atoms with Gasteiger partial charge in [0.2, 0.25) is 5.96 Å². The molecule has 84 valence electrons. The van der Waals surface area contributed by atoms with Crippen LogP contribution >= 0.6 is 0 Å². The van der Waals surface area contributed by atoms with Gasteiger partial charge >= 0.3 is 0 Å². The molecule has 0 saturated heterocycles. The summed E-state index contributed by atoms with van der Waals surface area (Å²) in [7, 11) is 2.00. The number of unbranched alkanes of at least 4 members (excludes halogenated alkanes) is 1. The van der Waals surface area contributed by atoms with E-state index in [0.29, 0.717) is 5.92 Å². The zero-order valence-corrected chi connectivity index (χ0v) is 9.88. The largest absolute Gasteiger partial charge is 0.345 e. The molecule has 0 atom stereocenters. The van der Waals surface area contributed by atoms with Crippen molar-refractivity contribution in [2.75, 3.05) is 20.1 Å². The summed E-state index contributed by atoms with van der Waals surface area (Å²) in [5, 5.41) is 0. The van der Waals surface area contributed by atoms with E-state index in [4.69, 9.17) is 5.84 Å². The lowest BCUT2D eigenvalue weighted by Gasteiger charge is -2.22. The van der Waals surface area contributed by atoms with Crippen LogP contribution in [0.2, 0.25) is 0 Å². The van der Waals surface area contributed by atoms with Gasteiger partial charge in [0.05, 0.1) is 0 Å². The molecule has 0 aliphatic heterocycles. The van der Waals surface area contributed by atoms with Gasteiger partial charge < -0.3 is 4.90 Å². The van der Waals surface area contributed by atoms with Gasteiger partial charge in [-0.2, -0.15) is 0 Å². The Morgan fingerprint density at radius 2 is 2.14 bits per heavy atom. The summed E-state index contributed by atoms with van der Waals surface area (Å²) in [6, 6.07) is 0. The first-order chi connectivity index (χ1) is 6.61. The topological polar surface area (TPSA) is 53.6 Å². The highest BCUT2D eigenvalue weighted by molar-refractivity contribution is 5.79. The number of hydrogen-bond donors (Lipinski definition) is 2. The number of aliphatic imine (C=N–C) groups is 1. The summed E-state index contributed by atoms with van der Waals surface area (Å²) in [6.45, 7) is 8.32. The summed E-state index contributed by atoms with van der Waals surface area (Å²) in [6.07, 6.45) is 2.27. The average molecular weight is 200 g/mol. The quantitative estimate of drug-likeness (QED) is 0.230. The Balaban J connectivity index is 4.03. The second kappa shape index (κ2) is 7.62. The third-order valence-corrected chi connectivity index (χ3v) is 1.90. The number of nitrogens with zero attached hydrogens (tertiary/aromatic N) is 2. The van der Waals surface area contributed by atoms with Crippen LogP contribution in [0.4, 0.5) is 0 Å². The molecule has 0 saturated carbocycles. The lowest BCUT2D eigenvalue weighted by Crippen LogP contribution is -2.44. The van der Waals surface area contributed by atoms with Gasteiger partial charge in [-0.3, -0.25) is 10.4 Å². The van der Waals surface area contributed by atoms with Gasteiger partial charge in [-0.15, -0.1) is 0 Å². The zero-order chi connectivity index (χ0) is 11.0. The first-order valence-electron chi connectivity index (χ1n) is 5.34. The van der Waals surface area contributed by atoms with Crippen molar-refractivity contribution in [3.63, 3.8) is 0 Å². The molecule has 0 aromatic heterocycles. The molecule has 0 spiro atoms. The molecule has 4 nitrogen and oxygen atoms in total. The smallest absolute Gasteiger partial charge is 0.208 e. The second-order valence-corrected chi connectivity index (χ2v) is 3.98. The molecule has 0 aromatic rings. The van der Waals surface area contributed by atoms with E-state index in [9.17, 15) is 0 Å². The predicted molar refractivity (Wildman–Crippen MR) is 62.0 cm³/mol. The van der Waals surface area contributed by atoms with E-state index in [1.54, 1.807) is 0 Å². The standard InChI is InChI=1S/C10H24N4/c1-5-6-7-12-10(13-11)14(4)8-9(2)3/h9H,5-8,11H2,1-4H3,(H,12,13). The fourth-order valence-electron chi connectivity index (χ4n) is 1.25. The molecule has 3 N–H and O–H groups in total. The van der Waals surface area contributed by atoms with Crippen molar-refractivity contribution >= 4 is 5.96 Å². The number of hydrazine groups is 1. The van der Waals surface area contributed by atoms with Crippen LogP contribution in [0.15, 0.2) is 4.99 Å². The van der Waals surface area contributed by atoms with Gasteiger partial charge in [0.15, 0.2) is 0 Å². The molecule has 0 aromatic carbocycles. The maximum atomic E-state index is 5.41. The molecule has 0 heterocycles. The Hall–Kier alpha value is -0.770. The SMILES string of the molecule is CCCCN=C(NN)N(C)CC(C)C. The van der Waals surface area contributed by atoms with Crippen molar-refractivity contribution in [2.45, 2.75) is 33.6 Å². The Morgan fingerprint density at radius 3 is 2.57 bits per heavy atom. The van der Waals surface area contributed by atoms with Gasteiger partial charge in [-0.1, -0.05) is 27.2 Å². The number of hydrogen-bond acceptors (Lipinski definition) is 2. The highest BCUT2D eigenvalue weighted by Gasteiger charge is 2.05. The van der Waals surface area contributed by atoms with Crippen molar-refractivity contribution in [3.05, 3.63) is 0 Å². The highest BCUT2D eigenvalue weighted by Crippen LogP contribution is 1.96. The van der Waals surface area contributed by atoms with Crippen LogP contribution < -0.4 is 11.3 Å². The van der Waals surface area contributed by atoms with E-state index in [-0.39, 0.29) is 0 Å². The molecule has 0 bridgehead atoms. The van der Waals surface area contributed by atoms with Crippen LogP contribution in [0.3, 0.4) is 0 Å². The van der Waals surface area contributed by atoms with Gasteiger partial charge in [-0.25, -0.2) is 5.84 Å². The third kappa shape index (κ3) is 5.80. The van der Waals surface area contributed by atoms with Gasteiger partial charge in [-0.05, 0) is 12.3 Å². The van der Waals surface area contributed by atoms with Crippen molar-refractivity contribution in [2.24, 2.45) is 16.8 Å². The number of rotatable bonds is 5. The maximum absolute atomic E-state index is 5.41. The lowest BCUT2D eigenvalue weighted by molar-refractivity contribution is 0.411. The second-order valence-electron chi connectivity index (χ2n) is 3.98. The number of guanidine groups is 1. The van der Waals surface area contributed by atoms with Crippen LogP contribution in [-0.4, -0.2) is 31.0 Å². The molecular formula is C10H24N4. The Labute approximate surface area is 87.5 Å². The van der Waals surface area contributed by atoms with Crippen molar-refractivity contribution in [1.82, 2.24) is 10.3 Å². The van der Waals surface area contributed by atoms with E-state index in [0.717, 1.165) is 31.9 Å². The molecule has 0 fully saturated rings. The molecule has 14 heavy (non-hydrogen) atoms. The fourth-order valence-corrected chi connectivity index (χ4v) is 1.25. The zero-order valence-electron chi connectivity index (χ0n) is 9.88. The van der Waals surface area contributed by atoms with Crippen LogP contribution in [0, 0.1) is 5.92 Å². The molecule has 0 radical (unpaired) electrons. The van der Waals surface area contributed by atoms with Crippen LogP contribution in [0.5, 0.6) is 0 Å². The van der Waals surface area contributed by atoms with Crippen LogP contribution in [0.1, 0.15) is 33.6 Å². The highest BCUT2D eigenvalue weighted by atomic mass is 15.4. The summed E-state index contributed by atoms with van der Waals surface area (Å²) in [4.78, 5) is 6.45. The molecule has 0 aliphatic carbocycles.